The lowest BCUT2D eigenvalue weighted by atomic mass is 9.97. The molecule has 26 heavy (non-hydrogen) atoms. The average molecular weight is 350 g/mol. The van der Waals surface area contributed by atoms with Gasteiger partial charge in [0.1, 0.15) is 5.70 Å². The molecule has 0 aliphatic carbocycles. The van der Waals surface area contributed by atoms with Crippen LogP contribution >= 0.6 is 0 Å². The molecule has 2 aromatic rings. The molecule has 1 aliphatic rings. The van der Waals surface area contributed by atoms with E-state index in [2.05, 4.69) is 5.32 Å². The highest BCUT2D eigenvalue weighted by Crippen LogP contribution is 2.32. The van der Waals surface area contributed by atoms with E-state index in [9.17, 15) is 9.59 Å². The van der Waals surface area contributed by atoms with E-state index in [0.717, 1.165) is 22.4 Å². The number of carbonyl (C=O) groups is 2. The maximum atomic E-state index is 13.0. The number of para-hydroxylation sites is 1. The second kappa shape index (κ2) is 7.54. The molecule has 1 aliphatic heterocycles. The highest BCUT2D eigenvalue weighted by atomic mass is 16.5. The van der Waals surface area contributed by atoms with Crippen LogP contribution < -0.4 is 5.32 Å². The van der Waals surface area contributed by atoms with E-state index in [-0.39, 0.29) is 18.4 Å². The number of amides is 2. The molecule has 0 fully saturated rings. The maximum absolute atomic E-state index is 13.0. The van der Waals surface area contributed by atoms with Crippen LogP contribution in [0.4, 0.5) is 5.69 Å². The Balaban J connectivity index is 2.08. The number of rotatable bonds is 6. The second-order valence-electron chi connectivity index (χ2n) is 6.31. The highest BCUT2D eigenvalue weighted by Gasteiger charge is 2.39. The fraction of sp³-hybridized carbons (Fsp3) is 0.238. The summed E-state index contributed by atoms with van der Waals surface area (Å²) in [6.07, 6.45) is 0. The van der Waals surface area contributed by atoms with Crippen LogP contribution in [-0.4, -0.2) is 37.0 Å². The van der Waals surface area contributed by atoms with Gasteiger partial charge in [-0.1, -0.05) is 42.0 Å². The Bertz CT molecular complexity index is 872. The summed E-state index contributed by atoms with van der Waals surface area (Å²) in [4.78, 5) is 27.2. The molecule has 1 N–H and O–H groups in total. The normalized spacial score (nSPS) is 14.3. The Hall–Kier alpha value is -2.92. The number of nitrogens with zero attached hydrogens (tertiary/aromatic N) is 1. The molecule has 2 aromatic carbocycles. The number of aryl methyl sites for hydroxylation is 2. The van der Waals surface area contributed by atoms with Gasteiger partial charge in [0.15, 0.2) is 0 Å². The first-order chi connectivity index (χ1) is 12.5. The molecule has 1 heterocycles. The third kappa shape index (κ3) is 3.39. The number of benzene rings is 2. The standard InChI is InChI=1S/C21H22N2O3/c1-14-9-10-17(15(2)13-14)18-19(22-16-7-5-4-6-8-16)21(25)23(20(18)24)11-12-26-3/h4-10,13,22H,11-12H2,1-3H3. The van der Waals surface area contributed by atoms with Gasteiger partial charge in [-0.25, -0.2) is 0 Å². The topological polar surface area (TPSA) is 58.6 Å². The zero-order chi connectivity index (χ0) is 18.7. The zero-order valence-electron chi connectivity index (χ0n) is 15.2. The van der Waals surface area contributed by atoms with Crippen molar-refractivity contribution in [3.8, 4) is 0 Å². The van der Waals surface area contributed by atoms with Crippen LogP contribution in [0.25, 0.3) is 5.57 Å². The molecular formula is C21H22N2O3. The molecule has 5 heteroatoms. The van der Waals surface area contributed by atoms with Crippen molar-refractivity contribution in [3.05, 3.63) is 70.9 Å². The van der Waals surface area contributed by atoms with Crippen molar-refractivity contribution in [2.45, 2.75) is 13.8 Å². The smallest absolute Gasteiger partial charge is 0.278 e. The summed E-state index contributed by atoms with van der Waals surface area (Å²) in [5.74, 6) is -0.622. The summed E-state index contributed by atoms with van der Waals surface area (Å²) in [5, 5.41) is 3.14. The molecule has 2 amide bonds. The molecule has 0 radical (unpaired) electrons. The number of carbonyl (C=O) groups excluding carboxylic acids is 2. The Morgan fingerprint density at radius 1 is 1.00 bits per heavy atom. The summed E-state index contributed by atoms with van der Waals surface area (Å²) in [5.41, 5.74) is 4.32. The number of ether oxygens (including phenoxy) is 1. The van der Waals surface area contributed by atoms with Gasteiger partial charge in [-0.05, 0) is 37.1 Å². The van der Waals surface area contributed by atoms with Crippen LogP contribution in [0.1, 0.15) is 16.7 Å². The van der Waals surface area contributed by atoms with Crippen molar-refractivity contribution in [3.63, 3.8) is 0 Å². The number of anilines is 1. The van der Waals surface area contributed by atoms with E-state index in [4.69, 9.17) is 4.74 Å². The monoisotopic (exact) mass is 350 g/mol. The second-order valence-corrected chi connectivity index (χ2v) is 6.31. The maximum Gasteiger partial charge on any atom is 0.278 e. The van der Waals surface area contributed by atoms with Crippen LogP contribution in [0.5, 0.6) is 0 Å². The number of nitrogens with one attached hydrogen (secondary N) is 1. The average Bonchev–Trinajstić information content (AvgIpc) is 2.85. The molecule has 5 nitrogen and oxygen atoms in total. The molecule has 134 valence electrons. The fourth-order valence-electron chi connectivity index (χ4n) is 3.09. The van der Waals surface area contributed by atoms with Crippen molar-refractivity contribution >= 4 is 23.1 Å². The Morgan fingerprint density at radius 3 is 2.38 bits per heavy atom. The molecule has 0 unspecified atom stereocenters. The van der Waals surface area contributed by atoms with Crippen LogP contribution in [0, 0.1) is 13.8 Å². The first-order valence-corrected chi connectivity index (χ1v) is 8.52. The zero-order valence-corrected chi connectivity index (χ0v) is 15.2. The van der Waals surface area contributed by atoms with Crippen molar-refractivity contribution < 1.29 is 14.3 Å². The highest BCUT2D eigenvalue weighted by molar-refractivity contribution is 6.36. The van der Waals surface area contributed by atoms with Gasteiger partial charge in [-0.3, -0.25) is 14.5 Å². The Morgan fingerprint density at radius 2 is 1.73 bits per heavy atom. The third-order valence-corrected chi connectivity index (χ3v) is 4.38. The van der Waals surface area contributed by atoms with Crippen LogP contribution in [-0.2, 0) is 14.3 Å². The van der Waals surface area contributed by atoms with Gasteiger partial charge in [0.25, 0.3) is 11.8 Å². The molecule has 0 aromatic heterocycles. The SMILES string of the molecule is COCCN1C(=O)C(Nc2ccccc2)=C(c2ccc(C)cc2C)C1=O. The molecule has 0 atom stereocenters. The van der Waals surface area contributed by atoms with Crippen LogP contribution in [0.2, 0.25) is 0 Å². The lowest BCUT2D eigenvalue weighted by Gasteiger charge is -2.14. The van der Waals surface area contributed by atoms with Crippen molar-refractivity contribution in [1.29, 1.82) is 0 Å². The van der Waals surface area contributed by atoms with E-state index in [1.807, 2.05) is 62.4 Å². The first kappa shape index (κ1) is 17.9. The summed E-state index contributed by atoms with van der Waals surface area (Å²) in [6, 6.07) is 15.2. The number of hydrogen-bond donors (Lipinski definition) is 1. The summed E-state index contributed by atoms with van der Waals surface area (Å²) >= 11 is 0. The minimum absolute atomic E-state index is 0.225. The predicted octanol–water partition coefficient (Wildman–Crippen LogP) is 3.14. The molecular weight excluding hydrogens is 328 g/mol. The van der Waals surface area contributed by atoms with Crippen molar-refractivity contribution in [2.24, 2.45) is 0 Å². The van der Waals surface area contributed by atoms with Gasteiger partial charge in [-0.15, -0.1) is 0 Å². The Kier molecular flexibility index (Phi) is 5.19. The molecule has 3 rings (SSSR count). The minimum atomic E-state index is -0.328. The van der Waals surface area contributed by atoms with Crippen LogP contribution in [0.3, 0.4) is 0 Å². The molecule has 0 saturated carbocycles. The fourth-order valence-corrected chi connectivity index (χ4v) is 3.09. The molecule has 0 spiro atoms. The predicted molar refractivity (Wildman–Crippen MR) is 101 cm³/mol. The third-order valence-electron chi connectivity index (χ3n) is 4.38. The lowest BCUT2D eigenvalue weighted by molar-refractivity contribution is -0.137. The van der Waals surface area contributed by atoms with Crippen molar-refractivity contribution in [2.75, 3.05) is 25.6 Å². The van der Waals surface area contributed by atoms with Gasteiger partial charge in [0.05, 0.1) is 18.7 Å². The van der Waals surface area contributed by atoms with E-state index in [1.165, 1.54) is 4.90 Å². The van der Waals surface area contributed by atoms with Gasteiger partial charge in [-0.2, -0.15) is 0 Å². The molecule has 0 bridgehead atoms. The quantitative estimate of drug-likeness (QED) is 0.813. The first-order valence-electron chi connectivity index (χ1n) is 8.52. The van der Waals surface area contributed by atoms with Crippen molar-refractivity contribution in [1.82, 2.24) is 4.90 Å². The molecule has 0 saturated heterocycles. The van der Waals surface area contributed by atoms with Gasteiger partial charge in [0.2, 0.25) is 0 Å². The number of hydrogen-bond acceptors (Lipinski definition) is 4. The van der Waals surface area contributed by atoms with Gasteiger partial charge >= 0.3 is 0 Å². The number of imide groups is 1. The van der Waals surface area contributed by atoms with E-state index in [0.29, 0.717) is 17.9 Å². The summed E-state index contributed by atoms with van der Waals surface area (Å²) in [6.45, 7) is 4.48. The van der Waals surface area contributed by atoms with Gasteiger partial charge < -0.3 is 10.1 Å². The largest absolute Gasteiger partial charge is 0.383 e. The summed E-state index contributed by atoms with van der Waals surface area (Å²) in [7, 11) is 1.55. The summed E-state index contributed by atoms with van der Waals surface area (Å²) < 4.78 is 5.05. The Labute approximate surface area is 153 Å². The van der Waals surface area contributed by atoms with Gasteiger partial charge in [0, 0.05) is 12.8 Å². The van der Waals surface area contributed by atoms with E-state index >= 15 is 0 Å². The van der Waals surface area contributed by atoms with E-state index in [1.54, 1.807) is 7.11 Å². The van der Waals surface area contributed by atoms with E-state index < -0.39 is 0 Å². The number of methoxy groups -OCH3 is 1. The lowest BCUT2D eigenvalue weighted by Crippen LogP contribution is -2.35. The van der Waals surface area contributed by atoms with Crippen LogP contribution in [0.15, 0.2) is 54.2 Å². The minimum Gasteiger partial charge on any atom is -0.383 e.